The third kappa shape index (κ3) is 5.59. The largest absolute Gasteiger partial charge is 0.461 e. The minimum Gasteiger partial charge on any atom is -0.461 e. The van der Waals surface area contributed by atoms with E-state index in [1.807, 2.05) is 46.1 Å². The highest BCUT2D eigenvalue weighted by atomic mass is 16.5. The highest BCUT2D eigenvalue weighted by Gasteiger charge is 2.28. The van der Waals surface area contributed by atoms with Crippen LogP contribution in [0.5, 0.6) is 0 Å². The van der Waals surface area contributed by atoms with Gasteiger partial charge in [0.15, 0.2) is 5.78 Å². The van der Waals surface area contributed by atoms with Crippen LogP contribution < -0.4 is 5.32 Å². The van der Waals surface area contributed by atoms with Crippen molar-refractivity contribution < 1.29 is 19.1 Å². The molecule has 0 spiro atoms. The van der Waals surface area contributed by atoms with Crippen LogP contribution in [0.2, 0.25) is 0 Å². The van der Waals surface area contributed by atoms with Crippen molar-refractivity contribution in [1.29, 1.82) is 0 Å². The molecule has 1 rings (SSSR count). The van der Waals surface area contributed by atoms with Crippen LogP contribution in [0.4, 0.5) is 4.79 Å². The predicted molar refractivity (Wildman–Crippen MR) is 110 cm³/mol. The maximum Gasteiger partial charge on any atom is 0.355 e. The standard InChI is InChI=1S/C21H35N3O4/c1-9-24-16(8)18(15(7)19(24)20(26)28-10-2)17(25)12-23(11-13(3)4)21(27)22-14(5)6/h13-14H,9-12H2,1-8H3,(H,22,27). The van der Waals surface area contributed by atoms with Crippen LogP contribution in [0.3, 0.4) is 0 Å². The molecule has 1 aromatic heterocycles. The summed E-state index contributed by atoms with van der Waals surface area (Å²) in [6.45, 7) is 16.3. The van der Waals surface area contributed by atoms with Gasteiger partial charge < -0.3 is 19.5 Å². The Hall–Kier alpha value is -2.31. The first kappa shape index (κ1) is 23.7. The molecule has 0 aliphatic carbocycles. The number of nitrogens with one attached hydrogen (secondary N) is 1. The third-order valence-corrected chi connectivity index (χ3v) is 4.45. The molecule has 0 fully saturated rings. The molecule has 0 saturated carbocycles. The molecule has 1 N–H and O–H groups in total. The molecule has 158 valence electrons. The van der Waals surface area contributed by atoms with Crippen molar-refractivity contribution in [3.63, 3.8) is 0 Å². The molecular weight excluding hydrogens is 358 g/mol. The van der Waals surface area contributed by atoms with E-state index in [9.17, 15) is 14.4 Å². The molecule has 0 saturated heterocycles. The molecule has 1 heterocycles. The monoisotopic (exact) mass is 393 g/mol. The molecule has 0 aliphatic heterocycles. The van der Waals surface area contributed by atoms with E-state index in [4.69, 9.17) is 4.74 Å². The predicted octanol–water partition coefficient (Wildman–Crippen LogP) is 3.56. The van der Waals surface area contributed by atoms with Crippen molar-refractivity contribution in [1.82, 2.24) is 14.8 Å². The lowest BCUT2D eigenvalue weighted by atomic mass is 10.0. The van der Waals surface area contributed by atoms with E-state index in [2.05, 4.69) is 5.32 Å². The van der Waals surface area contributed by atoms with Gasteiger partial charge in [0.1, 0.15) is 5.69 Å². The van der Waals surface area contributed by atoms with E-state index in [1.165, 1.54) is 0 Å². The Kier molecular flexibility index (Phi) is 8.72. The average Bonchev–Trinajstić information content (AvgIpc) is 2.83. The number of urea groups is 1. The van der Waals surface area contributed by atoms with Gasteiger partial charge in [-0.1, -0.05) is 13.8 Å². The number of aromatic nitrogens is 1. The fourth-order valence-corrected chi connectivity index (χ4v) is 3.41. The molecule has 0 radical (unpaired) electrons. The summed E-state index contributed by atoms with van der Waals surface area (Å²) in [5.41, 5.74) is 2.24. The van der Waals surface area contributed by atoms with Crippen molar-refractivity contribution in [3.8, 4) is 0 Å². The second-order valence-electron chi connectivity index (χ2n) is 7.70. The number of nitrogens with zero attached hydrogens (tertiary/aromatic N) is 2. The normalized spacial score (nSPS) is 11.1. The van der Waals surface area contributed by atoms with E-state index in [1.54, 1.807) is 18.7 Å². The molecule has 0 atom stereocenters. The Labute approximate surface area is 168 Å². The highest BCUT2D eigenvalue weighted by Crippen LogP contribution is 2.24. The molecule has 0 bridgehead atoms. The summed E-state index contributed by atoms with van der Waals surface area (Å²) < 4.78 is 6.98. The summed E-state index contributed by atoms with van der Waals surface area (Å²) in [6, 6.07) is -0.273. The highest BCUT2D eigenvalue weighted by molar-refractivity contribution is 6.04. The van der Waals surface area contributed by atoms with Gasteiger partial charge in [-0.3, -0.25) is 4.79 Å². The first-order valence-electron chi connectivity index (χ1n) is 10.00. The van der Waals surface area contributed by atoms with Gasteiger partial charge >= 0.3 is 12.0 Å². The number of ketones is 1. The summed E-state index contributed by atoms with van der Waals surface area (Å²) in [5, 5.41) is 2.85. The molecule has 2 amide bonds. The van der Waals surface area contributed by atoms with Crippen molar-refractivity contribution >= 4 is 17.8 Å². The number of carbonyl (C=O) groups excluding carboxylic acids is 3. The van der Waals surface area contributed by atoms with Crippen LogP contribution in [0.1, 0.15) is 73.6 Å². The number of carbonyl (C=O) groups is 3. The number of esters is 1. The Morgan fingerprint density at radius 3 is 2.18 bits per heavy atom. The summed E-state index contributed by atoms with van der Waals surface area (Å²) in [5.74, 6) is -0.379. The van der Waals surface area contributed by atoms with Gasteiger partial charge in [-0.25, -0.2) is 9.59 Å². The minimum absolute atomic E-state index is 0.0164. The molecule has 28 heavy (non-hydrogen) atoms. The van der Waals surface area contributed by atoms with E-state index in [0.29, 0.717) is 29.9 Å². The van der Waals surface area contributed by atoms with Gasteiger partial charge in [-0.2, -0.15) is 0 Å². The van der Waals surface area contributed by atoms with Gasteiger partial charge in [0.05, 0.1) is 13.2 Å². The number of Topliss-reactive ketones (excluding diaryl/α,β-unsaturated/α-hetero) is 1. The fraction of sp³-hybridized carbons (Fsp3) is 0.667. The van der Waals surface area contributed by atoms with Crippen LogP contribution in [-0.2, 0) is 11.3 Å². The van der Waals surface area contributed by atoms with Gasteiger partial charge in [-0.15, -0.1) is 0 Å². The molecule has 0 unspecified atom stereocenters. The quantitative estimate of drug-likeness (QED) is 0.514. The van der Waals surface area contributed by atoms with E-state index in [0.717, 1.165) is 5.69 Å². The summed E-state index contributed by atoms with van der Waals surface area (Å²) in [6.07, 6.45) is 0. The first-order chi connectivity index (χ1) is 13.0. The molecule has 1 aromatic rings. The summed E-state index contributed by atoms with van der Waals surface area (Å²) in [7, 11) is 0. The first-order valence-corrected chi connectivity index (χ1v) is 10.00. The second kappa shape index (κ2) is 10.3. The van der Waals surface area contributed by atoms with Gasteiger partial charge in [0.25, 0.3) is 0 Å². The maximum absolute atomic E-state index is 13.1. The molecule has 0 aromatic carbocycles. The number of amides is 2. The number of rotatable bonds is 9. The van der Waals surface area contributed by atoms with Crippen LogP contribution in [0.25, 0.3) is 0 Å². The molecular formula is C21H35N3O4. The zero-order chi connectivity index (χ0) is 21.6. The lowest BCUT2D eigenvalue weighted by molar-refractivity contribution is 0.0512. The Bertz CT molecular complexity index is 720. The number of hydrogen-bond acceptors (Lipinski definition) is 4. The Morgan fingerprint density at radius 2 is 1.71 bits per heavy atom. The lowest BCUT2D eigenvalue weighted by Gasteiger charge is -2.25. The lowest BCUT2D eigenvalue weighted by Crippen LogP contribution is -2.46. The van der Waals surface area contributed by atoms with Crippen molar-refractivity contribution in [2.24, 2.45) is 5.92 Å². The second-order valence-corrected chi connectivity index (χ2v) is 7.70. The zero-order valence-corrected chi connectivity index (χ0v) is 18.5. The van der Waals surface area contributed by atoms with Crippen LogP contribution >= 0.6 is 0 Å². The maximum atomic E-state index is 13.1. The number of ether oxygens (including phenoxy) is 1. The Morgan fingerprint density at radius 1 is 1.11 bits per heavy atom. The average molecular weight is 394 g/mol. The van der Waals surface area contributed by atoms with E-state index < -0.39 is 5.97 Å². The molecule has 0 aliphatic rings. The summed E-state index contributed by atoms with van der Waals surface area (Å²) in [4.78, 5) is 39.6. The smallest absolute Gasteiger partial charge is 0.355 e. The van der Waals surface area contributed by atoms with Crippen LogP contribution in [0.15, 0.2) is 0 Å². The molecule has 7 heteroatoms. The topological polar surface area (TPSA) is 80.6 Å². The van der Waals surface area contributed by atoms with Gasteiger partial charge in [0, 0.05) is 30.4 Å². The minimum atomic E-state index is -0.430. The Balaban J connectivity index is 3.25. The number of hydrogen-bond donors (Lipinski definition) is 1. The third-order valence-electron chi connectivity index (χ3n) is 4.45. The SMILES string of the molecule is CCOC(=O)c1c(C)c(C(=O)CN(CC(C)C)C(=O)NC(C)C)c(C)n1CC. The van der Waals surface area contributed by atoms with Crippen LogP contribution in [-0.4, -0.2) is 53.0 Å². The van der Waals surface area contributed by atoms with Crippen molar-refractivity contribution in [2.45, 2.75) is 68.0 Å². The van der Waals surface area contributed by atoms with Crippen molar-refractivity contribution in [2.75, 3.05) is 19.7 Å². The van der Waals surface area contributed by atoms with E-state index in [-0.39, 0.29) is 36.9 Å². The van der Waals surface area contributed by atoms with E-state index >= 15 is 0 Å². The fourth-order valence-electron chi connectivity index (χ4n) is 3.41. The van der Waals surface area contributed by atoms with Gasteiger partial charge in [-0.05, 0) is 53.0 Å². The summed E-state index contributed by atoms with van der Waals surface area (Å²) >= 11 is 0. The molecule has 7 nitrogen and oxygen atoms in total. The van der Waals surface area contributed by atoms with Crippen LogP contribution in [0, 0.1) is 19.8 Å². The van der Waals surface area contributed by atoms with Gasteiger partial charge in [0.2, 0.25) is 0 Å². The zero-order valence-electron chi connectivity index (χ0n) is 18.5. The van der Waals surface area contributed by atoms with Crippen molar-refractivity contribution in [3.05, 3.63) is 22.5 Å².